The SMILES string of the molecule is COC(=O)[C@@H](NC(=O)NOC(=O)NCc1ccccc1)C(C)C. The summed E-state index contributed by atoms with van der Waals surface area (Å²) in [6.07, 6.45) is -0.817. The Morgan fingerprint density at radius 3 is 2.35 bits per heavy atom. The summed E-state index contributed by atoms with van der Waals surface area (Å²) in [5, 5.41) is 4.84. The number of benzene rings is 1. The van der Waals surface area contributed by atoms with Crippen molar-refractivity contribution in [1.29, 1.82) is 0 Å². The lowest BCUT2D eigenvalue weighted by Gasteiger charge is -2.19. The highest BCUT2D eigenvalue weighted by molar-refractivity contribution is 5.83. The first-order valence-electron chi connectivity index (χ1n) is 7.07. The van der Waals surface area contributed by atoms with Crippen molar-refractivity contribution in [2.75, 3.05) is 7.11 Å². The van der Waals surface area contributed by atoms with Crippen molar-refractivity contribution in [3.63, 3.8) is 0 Å². The number of hydrogen-bond acceptors (Lipinski definition) is 5. The second-order valence-corrected chi connectivity index (χ2v) is 5.05. The number of rotatable bonds is 5. The standard InChI is InChI=1S/C15H21N3O5/c1-10(2)12(13(19)22-3)17-14(20)18-23-15(21)16-9-11-7-5-4-6-8-11/h4-8,10,12H,9H2,1-3H3,(H,16,21)(H2,17,18,20)/t12-/m0/s1. The van der Waals surface area contributed by atoms with Crippen LogP contribution in [0.3, 0.4) is 0 Å². The predicted octanol–water partition coefficient (Wildman–Crippen LogP) is 1.32. The summed E-state index contributed by atoms with van der Waals surface area (Å²) >= 11 is 0. The van der Waals surface area contributed by atoms with Gasteiger partial charge in [0.15, 0.2) is 0 Å². The normalized spacial score (nSPS) is 11.3. The summed E-state index contributed by atoms with van der Waals surface area (Å²) in [6, 6.07) is 7.56. The molecule has 0 aliphatic carbocycles. The molecule has 0 radical (unpaired) electrons. The zero-order valence-electron chi connectivity index (χ0n) is 13.3. The lowest BCUT2D eigenvalue weighted by Crippen LogP contribution is -2.49. The fourth-order valence-electron chi connectivity index (χ4n) is 1.69. The summed E-state index contributed by atoms with van der Waals surface area (Å²) in [5.41, 5.74) is 2.80. The second kappa shape index (κ2) is 9.29. The Balaban J connectivity index is 2.34. The summed E-state index contributed by atoms with van der Waals surface area (Å²) in [5.74, 6) is -0.760. The molecule has 0 saturated heterocycles. The number of nitrogens with one attached hydrogen (secondary N) is 3. The van der Waals surface area contributed by atoms with Gasteiger partial charge in [0, 0.05) is 6.54 Å². The minimum atomic E-state index is -0.837. The highest BCUT2D eigenvalue weighted by Crippen LogP contribution is 2.03. The maximum absolute atomic E-state index is 11.6. The smallest absolute Gasteiger partial charge is 0.431 e. The van der Waals surface area contributed by atoms with E-state index in [0.29, 0.717) is 0 Å². The van der Waals surface area contributed by atoms with Gasteiger partial charge in [0.25, 0.3) is 0 Å². The van der Waals surface area contributed by atoms with Crippen molar-refractivity contribution in [2.45, 2.75) is 26.4 Å². The number of carbonyl (C=O) groups excluding carboxylic acids is 3. The Labute approximate surface area is 134 Å². The monoisotopic (exact) mass is 323 g/mol. The molecule has 3 N–H and O–H groups in total. The largest absolute Gasteiger partial charge is 0.467 e. The molecule has 0 heterocycles. The van der Waals surface area contributed by atoms with Crippen LogP contribution in [0.2, 0.25) is 0 Å². The Kier molecular flexibility index (Phi) is 7.38. The van der Waals surface area contributed by atoms with Crippen LogP contribution in [-0.4, -0.2) is 31.2 Å². The number of urea groups is 1. The third-order valence-corrected chi connectivity index (χ3v) is 2.92. The van der Waals surface area contributed by atoms with Crippen molar-refractivity contribution >= 4 is 18.1 Å². The molecule has 1 aromatic rings. The molecule has 23 heavy (non-hydrogen) atoms. The molecule has 0 unspecified atom stereocenters. The molecule has 126 valence electrons. The maximum Gasteiger partial charge on any atom is 0.431 e. The van der Waals surface area contributed by atoms with Crippen molar-refractivity contribution in [3.8, 4) is 0 Å². The van der Waals surface area contributed by atoms with Crippen LogP contribution in [-0.2, 0) is 20.9 Å². The number of esters is 1. The van der Waals surface area contributed by atoms with Gasteiger partial charge in [0.05, 0.1) is 7.11 Å². The van der Waals surface area contributed by atoms with E-state index in [2.05, 4.69) is 20.2 Å². The van der Waals surface area contributed by atoms with Gasteiger partial charge in [-0.05, 0) is 11.5 Å². The molecule has 0 spiro atoms. The summed E-state index contributed by atoms with van der Waals surface area (Å²) in [4.78, 5) is 39.1. The summed E-state index contributed by atoms with van der Waals surface area (Å²) in [7, 11) is 1.23. The number of carbonyl (C=O) groups is 3. The van der Waals surface area contributed by atoms with Gasteiger partial charge in [-0.1, -0.05) is 44.2 Å². The van der Waals surface area contributed by atoms with Crippen LogP contribution >= 0.6 is 0 Å². The van der Waals surface area contributed by atoms with Crippen LogP contribution in [0.4, 0.5) is 9.59 Å². The van der Waals surface area contributed by atoms with Gasteiger partial charge in [-0.2, -0.15) is 5.48 Å². The number of ether oxygens (including phenoxy) is 1. The zero-order chi connectivity index (χ0) is 17.2. The Hall–Kier alpha value is -2.77. The first kappa shape index (κ1) is 18.3. The van der Waals surface area contributed by atoms with Crippen LogP contribution in [0.5, 0.6) is 0 Å². The van der Waals surface area contributed by atoms with Crippen LogP contribution in [0, 0.1) is 5.92 Å². The minimum absolute atomic E-state index is 0.180. The van der Waals surface area contributed by atoms with E-state index in [9.17, 15) is 14.4 Å². The predicted molar refractivity (Wildman–Crippen MR) is 82.1 cm³/mol. The Bertz CT molecular complexity index is 533. The number of hydrogen-bond donors (Lipinski definition) is 3. The molecule has 0 bridgehead atoms. The van der Waals surface area contributed by atoms with Crippen molar-refractivity contribution in [3.05, 3.63) is 35.9 Å². The fraction of sp³-hybridized carbons (Fsp3) is 0.400. The third kappa shape index (κ3) is 6.68. The van der Waals surface area contributed by atoms with E-state index >= 15 is 0 Å². The Morgan fingerprint density at radius 1 is 1.13 bits per heavy atom. The van der Waals surface area contributed by atoms with Gasteiger partial charge in [-0.3, -0.25) is 0 Å². The number of methoxy groups -OCH3 is 1. The quantitative estimate of drug-likeness (QED) is 0.560. The van der Waals surface area contributed by atoms with Crippen LogP contribution in [0.25, 0.3) is 0 Å². The molecular formula is C15H21N3O5. The highest BCUT2D eigenvalue weighted by Gasteiger charge is 2.25. The van der Waals surface area contributed by atoms with Gasteiger partial charge in [-0.15, -0.1) is 0 Å². The fourth-order valence-corrected chi connectivity index (χ4v) is 1.69. The molecular weight excluding hydrogens is 302 g/mol. The van der Waals surface area contributed by atoms with Crippen molar-refractivity contribution < 1.29 is 24.0 Å². The minimum Gasteiger partial charge on any atom is -0.467 e. The molecule has 8 nitrogen and oxygen atoms in total. The number of hydroxylamine groups is 1. The average Bonchev–Trinajstić information content (AvgIpc) is 2.55. The van der Waals surface area contributed by atoms with Gasteiger partial charge in [0.1, 0.15) is 6.04 Å². The van der Waals surface area contributed by atoms with Crippen molar-refractivity contribution in [1.82, 2.24) is 16.1 Å². The summed E-state index contributed by atoms with van der Waals surface area (Å²) < 4.78 is 4.59. The Morgan fingerprint density at radius 2 is 1.78 bits per heavy atom. The lowest BCUT2D eigenvalue weighted by atomic mass is 10.1. The van der Waals surface area contributed by atoms with Crippen LogP contribution in [0.1, 0.15) is 19.4 Å². The maximum atomic E-state index is 11.6. The van der Waals surface area contributed by atoms with E-state index in [1.165, 1.54) is 7.11 Å². The number of amides is 3. The summed E-state index contributed by atoms with van der Waals surface area (Å²) in [6.45, 7) is 3.75. The van der Waals surface area contributed by atoms with E-state index in [0.717, 1.165) is 5.56 Å². The van der Waals surface area contributed by atoms with E-state index in [-0.39, 0.29) is 12.5 Å². The molecule has 0 aromatic heterocycles. The zero-order valence-corrected chi connectivity index (χ0v) is 13.3. The molecule has 8 heteroatoms. The molecule has 1 atom stereocenters. The molecule has 0 saturated carbocycles. The van der Waals surface area contributed by atoms with Gasteiger partial charge in [0.2, 0.25) is 0 Å². The third-order valence-electron chi connectivity index (χ3n) is 2.92. The van der Waals surface area contributed by atoms with E-state index in [1.807, 2.05) is 35.8 Å². The highest BCUT2D eigenvalue weighted by atomic mass is 16.7. The van der Waals surface area contributed by atoms with Crippen LogP contribution in [0.15, 0.2) is 30.3 Å². The molecule has 0 aliphatic rings. The first-order chi connectivity index (χ1) is 10.9. The van der Waals surface area contributed by atoms with Crippen LogP contribution < -0.4 is 16.1 Å². The molecule has 0 aliphatic heterocycles. The van der Waals surface area contributed by atoms with Gasteiger partial charge < -0.3 is 20.2 Å². The molecule has 0 fully saturated rings. The molecule has 1 aromatic carbocycles. The molecule has 1 rings (SSSR count). The second-order valence-electron chi connectivity index (χ2n) is 5.05. The van der Waals surface area contributed by atoms with Gasteiger partial charge in [-0.25, -0.2) is 14.4 Å². The average molecular weight is 323 g/mol. The first-order valence-corrected chi connectivity index (χ1v) is 7.07. The topological polar surface area (TPSA) is 106 Å². The van der Waals surface area contributed by atoms with E-state index < -0.39 is 24.1 Å². The van der Waals surface area contributed by atoms with Gasteiger partial charge >= 0.3 is 18.1 Å². The molecule has 3 amide bonds. The lowest BCUT2D eigenvalue weighted by molar-refractivity contribution is -0.144. The van der Waals surface area contributed by atoms with E-state index in [4.69, 9.17) is 0 Å². The van der Waals surface area contributed by atoms with Crippen molar-refractivity contribution in [2.24, 2.45) is 5.92 Å². The van der Waals surface area contributed by atoms with E-state index in [1.54, 1.807) is 13.8 Å².